The summed E-state index contributed by atoms with van der Waals surface area (Å²) in [4.78, 5) is 28.5. The van der Waals surface area contributed by atoms with Gasteiger partial charge in [-0.05, 0) is 35.9 Å². The van der Waals surface area contributed by atoms with Gasteiger partial charge in [-0.3, -0.25) is 4.79 Å². The van der Waals surface area contributed by atoms with Gasteiger partial charge in [-0.1, -0.05) is 66.2 Å². The Balaban J connectivity index is 1.44. The molecule has 0 unspecified atom stereocenters. The van der Waals surface area contributed by atoms with Gasteiger partial charge in [0.25, 0.3) is 0 Å². The molecule has 0 atom stereocenters. The summed E-state index contributed by atoms with van der Waals surface area (Å²) in [7, 11) is 0. The van der Waals surface area contributed by atoms with Crippen molar-refractivity contribution in [3.63, 3.8) is 0 Å². The number of nitrogens with zero attached hydrogens (tertiary/aromatic N) is 1. The fourth-order valence-electron chi connectivity index (χ4n) is 2.83. The molecule has 1 aliphatic rings. The second kappa shape index (κ2) is 8.76. The maximum absolute atomic E-state index is 12.1. The molecular formula is C24H16ClNO4. The average Bonchev–Trinajstić information content (AvgIpc) is 3.14. The molecule has 0 saturated carbocycles. The number of Topliss-reactive ketones (excluding diaryl/α,β-unsaturated/α-hetero) is 1. The van der Waals surface area contributed by atoms with Crippen LogP contribution in [0, 0.1) is 0 Å². The van der Waals surface area contributed by atoms with E-state index in [0.717, 1.165) is 5.56 Å². The number of hydrogen-bond acceptors (Lipinski definition) is 5. The number of esters is 1. The van der Waals surface area contributed by atoms with Crippen molar-refractivity contribution in [2.75, 3.05) is 6.61 Å². The number of aliphatic imine (C=N–C) groups is 1. The molecule has 3 aromatic carbocycles. The van der Waals surface area contributed by atoms with Crippen LogP contribution in [0.5, 0.6) is 5.75 Å². The van der Waals surface area contributed by atoms with Crippen LogP contribution < -0.4 is 4.74 Å². The molecule has 0 amide bonds. The number of hydrogen-bond donors (Lipinski definition) is 0. The molecule has 0 saturated heterocycles. The Hall–Kier alpha value is -3.70. The number of halogens is 1. The SMILES string of the molecule is O=C1OC(c2ccccc2Cl)=N/C1=C\c1ccc(OCC(=O)c2ccccc2)cc1. The minimum absolute atomic E-state index is 0.0533. The summed E-state index contributed by atoms with van der Waals surface area (Å²) < 4.78 is 10.8. The summed E-state index contributed by atoms with van der Waals surface area (Å²) in [6, 6.07) is 23.0. The fourth-order valence-corrected chi connectivity index (χ4v) is 3.05. The minimum Gasteiger partial charge on any atom is -0.485 e. The van der Waals surface area contributed by atoms with E-state index in [2.05, 4.69) is 4.99 Å². The van der Waals surface area contributed by atoms with E-state index in [4.69, 9.17) is 21.1 Å². The Kier molecular flexibility index (Phi) is 5.72. The van der Waals surface area contributed by atoms with E-state index in [9.17, 15) is 9.59 Å². The third-order valence-electron chi connectivity index (χ3n) is 4.37. The third kappa shape index (κ3) is 4.47. The molecule has 6 heteroatoms. The van der Waals surface area contributed by atoms with Crippen LogP contribution in [0.15, 0.2) is 89.6 Å². The lowest BCUT2D eigenvalue weighted by atomic mass is 10.1. The van der Waals surface area contributed by atoms with Gasteiger partial charge in [0.2, 0.25) is 5.90 Å². The molecule has 0 spiro atoms. The first-order valence-corrected chi connectivity index (χ1v) is 9.56. The number of ether oxygens (including phenoxy) is 2. The molecule has 0 aliphatic carbocycles. The molecule has 0 fully saturated rings. The van der Waals surface area contributed by atoms with Gasteiger partial charge >= 0.3 is 5.97 Å². The monoisotopic (exact) mass is 417 g/mol. The van der Waals surface area contributed by atoms with Gasteiger partial charge in [0, 0.05) is 5.56 Å². The van der Waals surface area contributed by atoms with Gasteiger partial charge in [-0.2, -0.15) is 0 Å². The summed E-state index contributed by atoms with van der Waals surface area (Å²) in [5.74, 6) is 0.0857. The lowest BCUT2D eigenvalue weighted by Crippen LogP contribution is -2.11. The Labute approximate surface area is 178 Å². The summed E-state index contributed by atoms with van der Waals surface area (Å²) in [6.07, 6.45) is 1.62. The first-order chi connectivity index (χ1) is 14.6. The molecule has 30 heavy (non-hydrogen) atoms. The Morgan fingerprint density at radius 3 is 2.40 bits per heavy atom. The number of benzene rings is 3. The lowest BCUT2D eigenvalue weighted by Gasteiger charge is -2.06. The van der Waals surface area contributed by atoms with Crippen LogP contribution in [0.1, 0.15) is 21.5 Å². The zero-order chi connectivity index (χ0) is 20.9. The van der Waals surface area contributed by atoms with Crippen molar-refractivity contribution < 1.29 is 19.1 Å². The maximum atomic E-state index is 12.1. The molecule has 0 bridgehead atoms. The topological polar surface area (TPSA) is 65.0 Å². The fraction of sp³-hybridized carbons (Fsp3) is 0.0417. The molecule has 1 aliphatic heterocycles. The van der Waals surface area contributed by atoms with E-state index >= 15 is 0 Å². The van der Waals surface area contributed by atoms with Crippen molar-refractivity contribution in [2.24, 2.45) is 4.99 Å². The second-order valence-corrected chi connectivity index (χ2v) is 6.87. The minimum atomic E-state index is -0.543. The number of ketones is 1. The van der Waals surface area contributed by atoms with Crippen LogP contribution in [0.3, 0.4) is 0 Å². The van der Waals surface area contributed by atoms with Crippen LogP contribution in [-0.2, 0) is 9.53 Å². The van der Waals surface area contributed by atoms with E-state index < -0.39 is 5.97 Å². The number of carbonyl (C=O) groups excluding carboxylic acids is 2. The smallest absolute Gasteiger partial charge is 0.363 e. The van der Waals surface area contributed by atoms with Gasteiger partial charge in [-0.25, -0.2) is 9.79 Å². The summed E-state index contributed by atoms with van der Waals surface area (Å²) in [5, 5.41) is 0.455. The standard InChI is InChI=1S/C24H16ClNO4/c25-20-9-5-4-8-19(20)23-26-21(24(28)30-23)14-16-10-12-18(13-11-16)29-15-22(27)17-6-2-1-3-7-17/h1-14H,15H2/b21-14-. The van der Waals surface area contributed by atoms with Crippen LogP contribution >= 0.6 is 11.6 Å². The number of carbonyl (C=O) groups is 2. The Morgan fingerprint density at radius 2 is 1.67 bits per heavy atom. The molecule has 148 valence electrons. The van der Waals surface area contributed by atoms with Gasteiger partial charge in [0.05, 0.1) is 10.6 Å². The van der Waals surface area contributed by atoms with Crippen LogP contribution in [-0.4, -0.2) is 24.3 Å². The normalized spacial score (nSPS) is 14.4. The predicted molar refractivity (Wildman–Crippen MR) is 115 cm³/mol. The molecule has 4 rings (SSSR count). The van der Waals surface area contributed by atoms with Crippen LogP contribution in [0.4, 0.5) is 0 Å². The van der Waals surface area contributed by atoms with E-state index in [1.807, 2.05) is 18.2 Å². The maximum Gasteiger partial charge on any atom is 0.363 e. The van der Waals surface area contributed by atoms with Crippen molar-refractivity contribution >= 4 is 35.3 Å². The van der Waals surface area contributed by atoms with Crippen molar-refractivity contribution in [3.05, 3.63) is 106 Å². The molecule has 0 N–H and O–H groups in total. The molecule has 5 nitrogen and oxygen atoms in total. The van der Waals surface area contributed by atoms with Crippen molar-refractivity contribution in [1.82, 2.24) is 0 Å². The highest BCUT2D eigenvalue weighted by Gasteiger charge is 2.25. The first kappa shape index (κ1) is 19.6. The third-order valence-corrected chi connectivity index (χ3v) is 4.70. The quantitative estimate of drug-likeness (QED) is 0.323. The highest BCUT2D eigenvalue weighted by Crippen LogP contribution is 2.24. The summed E-state index contributed by atoms with van der Waals surface area (Å²) in [6.45, 7) is -0.0533. The first-order valence-electron chi connectivity index (χ1n) is 9.19. The predicted octanol–water partition coefficient (Wildman–Crippen LogP) is 4.95. The Morgan fingerprint density at radius 1 is 0.967 bits per heavy atom. The van der Waals surface area contributed by atoms with E-state index in [-0.39, 0.29) is 24.0 Å². The molecular weight excluding hydrogens is 402 g/mol. The zero-order valence-corrected chi connectivity index (χ0v) is 16.5. The van der Waals surface area contributed by atoms with Crippen LogP contribution in [0.2, 0.25) is 5.02 Å². The van der Waals surface area contributed by atoms with Crippen molar-refractivity contribution in [1.29, 1.82) is 0 Å². The zero-order valence-electron chi connectivity index (χ0n) is 15.7. The van der Waals surface area contributed by atoms with Crippen molar-refractivity contribution in [2.45, 2.75) is 0 Å². The molecule has 0 radical (unpaired) electrons. The average molecular weight is 418 g/mol. The summed E-state index contributed by atoms with van der Waals surface area (Å²) >= 11 is 6.14. The highest BCUT2D eigenvalue weighted by molar-refractivity contribution is 6.34. The van der Waals surface area contributed by atoms with Gasteiger partial charge in [0.15, 0.2) is 18.1 Å². The summed E-state index contributed by atoms with van der Waals surface area (Å²) in [5.41, 5.74) is 2.08. The van der Waals surface area contributed by atoms with Crippen molar-refractivity contribution in [3.8, 4) is 5.75 Å². The van der Waals surface area contributed by atoms with E-state index in [1.165, 1.54) is 0 Å². The highest BCUT2D eigenvalue weighted by atomic mass is 35.5. The number of rotatable bonds is 6. The number of cyclic esters (lactones) is 1. The second-order valence-electron chi connectivity index (χ2n) is 6.46. The van der Waals surface area contributed by atoms with E-state index in [0.29, 0.717) is 21.9 Å². The van der Waals surface area contributed by atoms with E-state index in [1.54, 1.807) is 66.7 Å². The van der Waals surface area contributed by atoms with Gasteiger partial charge in [-0.15, -0.1) is 0 Å². The Bertz CT molecular complexity index is 1150. The van der Waals surface area contributed by atoms with Gasteiger partial charge < -0.3 is 9.47 Å². The van der Waals surface area contributed by atoms with Gasteiger partial charge in [0.1, 0.15) is 5.75 Å². The molecule has 3 aromatic rings. The lowest BCUT2D eigenvalue weighted by molar-refractivity contribution is -0.129. The molecule has 1 heterocycles. The largest absolute Gasteiger partial charge is 0.485 e. The van der Waals surface area contributed by atoms with Crippen LogP contribution in [0.25, 0.3) is 6.08 Å². The molecule has 0 aromatic heterocycles.